The number of halogens is 1. The third kappa shape index (κ3) is 2.14. The molecule has 15 heavy (non-hydrogen) atoms. The first-order chi connectivity index (χ1) is 7.18. The second-order valence-electron chi connectivity index (χ2n) is 4.64. The van der Waals surface area contributed by atoms with Crippen molar-refractivity contribution in [3.63, 3.8) is 0 Å². The molecule has 1 fully saturated rings. The van der Waals surface area contributed by atoms with Crippen molar-refractivity contribution in [2.24, 2.45) is 5.92 Å². The number of benzene rings is 1. The van der Waals surface area contributed by atoms with Gasteiger partial charge in [-0.15, -0.1) is 0 Å². The Morgan fingerprint density at radius 2 is 2.00 bits per heavy atom. The van der Waals surface area contributed by atoms with Crippen LogP contribution in [0, 0.1) is 11.7 Å². The summed E-state index contributed by atoms with van der Waals surface area (Å²) in [4.78, 5) is 0. The van der Waals surface area contributed by atoms with Crippen LogP contribution in [0.5, 0.6) is 0 Å². The summed E-state index contributed by atoms with van der Waals surface area (Å²) in [6.07, 6.45) is 4.92. The van der Waals surface area contributed by atoms with Gasteiger partial charge in [0.15, 0.2) is 0 Å². The van der Waals surface area contributed by atoms with E-state index in [4.69, 9.17) is 5.73 Å². The normalized spacial score (nSPS) is 26.5. The average molecular weight is 207 g/mol. The van der Waals surface area contributed by atoms with Crippen LogP contribution in [0.25, 0.3) is 0 Å². The van der Waals surface area contributed by atoms with Gasteiger partial charge in [0.05, 0.1) is 0 Å². The molecule has 0 spiro atoms. The molecule has 1 aromatic rings. The molecule has 2 N–H and O–H groups in total. The molecule has 0 bridgehead atoms. The maximum absolute atomic E-state index is 13.2. The highest BCUT2D eigenvalue weighted by molar-refractivity contribution is 5.49. The van der Waals surface area contributed by atoms with Gasteiger partial charge in [-0.3, -0.25) is 0 Å². The minimum Gasteiger partial charge on any atom is -0.398 e. The van der Waals surface area contributed by atoms with Gasteiger partial charge in [-0.05, 0) is 42.0 Å². The van der Waals surface area contributed by atoms with Crippen LogP contribution in [0.4, 0.5) is 10.1 Å². The first-order valence-corrected chi connectivity index (χ1v) is 5.73. The van der Waals surface area contributed by atoms with Crippen LogP contribution in [0.2, 0.25) is 0 Å². The Labute approximate surface area is 90.5 Å². The van der Waals surface area contributed by atoms with Crippen molar-refractivity contribution < 1.29 is 4.39 Å². The lowest BCUT2D eigenvalue weighted by atomic mass is 9.76. The van der Waals surface area contributed by atoms with Crippen LogP contribution in [0.3, 0.4) is 0 Å². The molecule has 0 aromatic heterocycles. The van der Waals surface area contributed by atoms with Gasteiger partial charge < -0.3 is 5.73 Å². The molecule has 0 saturated heterocycles. The lowest BCUT2D eigenvalue weighted by Crippen LogP contribution is -2.16. The molecule has 0 amide bonds. The zero-order valence-corrected chi connectivity index (χ0v) is 9.17. The molecule has 2 heteroatoms. The summed E-state index contributed by atoms with van der Waals surface area (Å²) in [5.41, 5.74) is 7.68. The van der Waals surface area contributed by atoms with Crippen molar-refractivity contribution in [2.75, 3.05) is 5.73 Å². The summed E-state index contributed by atoms with van der Waals surface area (Å²) in [7, 11) is 0. The van der Waals surface area contributed by atoms with Crippen molar-refractivity contribution in [3.05, 3.63) is 29.6 Å². The lowest BCUT2D eigenvalue weighted by molar-refractivity contribution is 0.330. The van der Waals surface area contributed by atoms with E-state index >= 15 is 0 Å². The Hall–Kier alpha value is -1.05. The Balaban J connectivity index is 2.30. The maximum atomic E-state index is 13.2. The zero-order valence-electron chi connectivity index (χ0n) is 9.17. The van der Waals surface area contributed by atoms with E-state index in [-0.39, 0.29) is 5.82 Å². The van der Waals surface area contributed by atoms with Gasteiger partial charge in [-0.2, -0.15) is 0 Å². The minimum atomic E-state index is -0.169. The summed E-state index contributed by atoms with van der Waals surface area (Å²) < 4.78 is 13.2. The fraction of sp³-hybridized carbons (Fsp3) is 0.538. The van der Waals surface area contributed by atoms with E-state index in [0.29, 0.717) is 11.8 Å². The van der Waals surface area contributed by atoms with Crippen molar-refractivity contribution in [2.45, 2.75) is 38.5 Å². The number of hydrogen-bond acceptors (Lipinski definition) is 1. The molecular weight excluding hydrogens is 189 g/mol. The molecule has 0 radical (unpaired) electrons. The van der Waals surface area contributed by atoms with Crippen LogP contribution in [0.1, 0.15) is 44.1 Å². The first kappa shape index (κ1) is 10.5. The molecule has 1 aromatic carbocycles. The first-order valence-electron chi connectivity index (χ1n) is 5.73. The largest absolute Gasteiger partial charge is 0.398 e. The van der Waals surface area contributed by atoms with E-state index in [1.165, 1.54) is 25.3 Å². The van der Waals surface area contributed by atoms with Gasteiger partial charge in [0.25, 0.3) is 0 Å². The van der Waals surface area contributed by atoms with Gasteiger partial charge >= 0.3 is 0 Å². The molecule has 82 valence electrons. The zero-order chi connectivity index (χ0) is 10.8. The quantitative estimate of drug-likeness (QED) is 0.698. The predicted octanol–water partition coefficient (Wildman–Crippen LogP) is 3.70. The highest BCUT2D eigenvalue weighted by Crippen LogP contribution is 2.39. The van der Waals surface area contributed by atoms with Crippen LogP contribution in [0.15, 0.2) is 18.2 Å². The van der Waals surface area contributed by atoms with E-state index in [1.54, 1.807) is 12.1 Å². The minimum absolute atomic E-state index is 0.169. The smallest absolute Gasteiger partial charge is 0.123 e. The number of rotatable bonds is 1. The SMILES string of the molecule is C[C@@H]1CCCC[C@@H]1c1cc(F)ccc1N. The second-order valence-corrected chi connectivity index (χ2v) is 4.64. The molecular formula is C13H18FN. The fourth-order valence-corrected chi connectivity index (χ4v) is 2.65. The molecule has 1 aliphatic rings. The highest BCUT2D eigenvalue weighted by Gasteiger charge is 2.24. The standard InChI is InChI=1S/C13H18FN/c1-9-4-2-3-5-11(9)12-8-10(14)6-7-13(12)15/h6-9,11H,2-5,15H2,1H3/t9-,11+/m1/s1. The molecule has 2 rings (SSSR count). The molecule has 0 unspecified atom stereocenters. The predicted molar refractivity (Wildman–Crippen MR) is 61.2 cm³/mol. The van der Waals surface area contributed by atoms with Gasteiger partial charge in [0.1, 0.15) is 5.82 Å². The van der Waals surface area contributed by atoms with Gasteiger partial charge in [0.2, 0.25) is 0 Å². The number of hydrogen-bond donors (Lipinski definition) is 1. The Morgan fingerprint density at radius 3 is 2.73 bits per heavy atom. The lowest BCUT2D eigenvalue weighted by Gasteiger charge is -2.29. The topological polar surface area (TPSA) is 26.0 Å². The van der Waals surface area contributed by atoms with E-state index < -0.39 is 0 Å². The summed E-state index contributed by atoms with van der Waals surface area (Å²) in [6, 6.07) is 4.74. The fourth-order valence-electron chi connectivity index (χ4n) is 2.65. The van der Waals surface area contributed by atoms with Crippen LogP contribution in [-0.2, 0) is 0 Å². The summed E-state index contributed by atoms with van der Waals surface area (Å²) >= 11 is 0. The molecule has 0 heterocycles. The third-order valence-electron chi connectivity index (χ3n) is 3.56. The van der Waals surface area contributed by atoms with Crippen LogP contribution in [-0.4, -0.2) is 0 Å². The van der Waals surface area contributed by atoms with Gasteiger partial charge in [0, 0.05) is 5.69 Å². The molecule has 0 aliphatic heterocycles. The van der Waals surface area contributed by atoms with Crippen LogP contribution < -0.4 is 5.73 Å². The van der Waals surface area contributed by atoms with Crippen molar-refractivity contribution in [1.29, 1.82) is 0 Å². The number of nitrogen functional groups attached to an aromatic ring is 1. The molecule has 1 nitrogen and oxygen atoms in total. The summed E-state index contributed by atoms with van der Waals surface area (Å²) in [6.45, 7) is 2.24. The van der Waals surface area contributed by atoms with Crippen molar-refractivity contribution in [3.8, 4) is 0 Å². The van der Waals surface area contributed by atoms with E-state index in [0.717, 1.165) is 17.7 Å². The monoisotopic (exact) mass is 207 g/mol. The van der Waals surface area contributed by atoms with E-state index in [9.17, 15) is 4.39 Å². The maximum Gasteiger partial charge on any atom is 0.123 e. The van der Waals surface area contributed by atoms with Crippen molar-refractivity contribution in [1.82, 2.24) is 0 Å². The average Bonchev–Trinajstić information content (AvgIpc) is 2.23. The van der Waals surface area contributed by atoms with Crippen molar-refractivity contribution >= 4 is 5.69 Å². The third-order valence-corrected chi connectivity index (χ3v) is 3.56. The second kappa shape index (κ2) is 4.21. The Morgan fingerprint density at radius 1 is 1.27 bits per heavy atom. The molecule has 1 saturated carbocycles. The number of nitrogens with two attached hydrogens (primary N) is 1. The highest BCUT2D eigenvalue weighted by atomic mass is 19.1. The summed E-state index contributed by atoms with van der Waals surface area (Å²) in [5, 5.41) is 0. The molecule has 1 aliphatic carbocycles. The summed E-state index contributed by atoms with van der Waals surface area (Å²) in [5.74, 6) is 0.911. The van der Waals surface area contributed by atoms with Gasteiger partial charge in [-0.25, -0.2) is 4.39 Å². The van der Waals surface area contributed by atoms with E-state index in [2.05, 4.69) is 6.92 Å². The van der Waals surface area contributed by atoms with E-state index in [1.807, 2.05) is 0 Å². The number of anilines is 1. The van der Waals surface area contributed by atoms with Gasteiger partial charge in [-0.1, -0.05) is 26.2 Å². The van der Waals surface area contributed by atoms with Crippen LogP contribution >= 0.6 is 0 Å². The Kier molecular flexibility index (Phi) is 2.94. The Bertz CT molecular complexity index is 348. The molecule has 2 atom stereocenters.